The van der Waals surface area contributed by atoms with Crippen LogP contribution in [0.15, 0.2) is 72.0 Å². The Morgan fingerprint density at radius 3 is 2.49 bits per heavy atom. The highest BCUT2D eigenvalue weighted by Gasteiger charge is 2.34. The third kappa shape index (κ3) is 8.44. The summed E-state index contributed by atoms with van der Waals surface area (Å²) in [4.78, 5) is 34.6. The first kappa shape index (κ1) is 33.4. The molecule has 2 heterocycles. The second-order valence-electron chi connectivity index (χ2n) is 9.77. The zero-order valence-electron chi connectivity index (χ0n) is 23.9. The number of carbonyl (C=O) groups excluding carboxylic acids is 2. The monoisotopic (exact) mass is 682 g/mol. The second kappa shape index (κ2) is 13.4. The van der Waals surface area contributed by atoms with Crippen LogP contribution in [0.5, 0.6) is 5.75 Å². The van der Waals surface area contributed by atoms with E-state index >= 15 is 4.39 Å². The number of aromatic nitrogens is 3. The number of ether oxygens (including phenoxy) is 2. The number of nitrogens with one attached hydrogen (secondary N) is 1. The number of carbonyl (C=O) groups is 2. The number of benzene rings is 3. The summed E-state index contributed by atoms with van der Waals surface area (Å²) in [5.41, 5.74) is 1.35. The van der Waals surface area contributed by atoms with Gasteiger partial charge in [-0.1, -0.05) is 23.9 Å². The largest absolute Gasteiger partial charge is 0.573 e. The van der Waals surface area contributed by atoms with E-state index in [0.717, 1.165) is 34.9 Å². The van der Waals surface area contributed by atoms with Gasteiger partial charge in [0, 0.05) is 17.2 Å². The van der Waals surface area contributed by atoms with E-state index in [-0.39, 0.29) is 33.8 Å². The van der Waals surface area contributed by atoms with E-state index < -0.39 is 49.3 Å². The van der Waals surface area contributed by atoms with Gasteiger partial charge in [0.05, 0.1) is 29.4 Å². The summed E-state index contributed by atoms with van der Waals surface area (Å²) < 4.78 is 100. The van der Waals surface area contributed by atoms with E-state index in [4.69, 9.17) is 4.74 Å². The summed E-state index contributed by atoms with van der Waals surface area (Å²) in [7, 11) is 0. The minimum Gasteiger partial charge on any atom is -0.406 e. The molecule has 246 valence electrons. The van der Waals surface area contributed by atoms with Crippen molar-refractivity contribution in [1.82, 2.24) is 14.8 Å². The Bertz CT molecular complexity index is 1830. The Labute approximate surface area is 265 Å². The number of nitrogens with zero attached hydrogens (tertiary/aromatic N) is 5. The van der Waals surface area contributed by atoms with Crippen molar-refractivity contribution in [2.45, 2.75) is 26.1 Å². The molecule has 1 aromatic heterocycles. The Kier molecular flexibility index (Phi) is 9.53. The van der Waals surface area contributed by atoms with Crippen molar-refractivity contribution in [3.63, 3.8) is 0 Å². The number of aryl methyl sites for hydroxylation is 1. The average molecular weight is 683 g/mol. The molecule has 1 N–H and O–H groups in total. The number of amidine groups is 1. The van der Waals surface area contributed by atoms with Crippen molar-refractivity contribution in [1.29, 1.82) is 0 Å². The van der Waals surface area contributed by atoms with Crippen LogP contribution >= 0.6 is 11.8 Å². The van der Waals surface area contributed by atoms with E-state index in [1.807, 2.05) is 0 Å². The van der Waals surface area contributed by atoms with Gasteiger partial charge in [0.2, 0.25) is 5.91 Å². The summed E-state index contributed by atoms with van der Waals surface area (Å²) in [5.74, 6) is -1.74. The van der Waals surface area contributed by atoms with E-state index in [9.17, 15) is 35.9 Å². The number of aliphatic imine (C=N–C) groups is 1. The summed E-state index contributed by atoms with van der Waals surface area (Å²) in [6, 6.07) is 12.2. The molecule has 0 radical (unpaired) electrons. The molecule has 0 spiro atoms. The Hall–Kier alpha value is -4.97. The summed E-state index contributed by atoms with van der Waals surface area (Å²) in [6.45, 7) is -0.315. The summed E-state index contributed by atoms with van der Waals surface area (Å²) in [6.07, 6.45) is -8.14. The van der Waals surface area contributed by atoms with Crippen LogP contribution in [0.1, 0.15) is 11.1 Å². The zero-order chi connectivity index (χ0) is 33.9. The first-order chi connectivity index (χ1) is 22.2. The normalized spacial score (nSPS) is 14.6. The molecular weight excluding hydrogens is 661 g/mol. The molecule has 0 unspecified atom stereocenters. The molecule has 1 fully saturated rings. The quantitative estimate of drug-likeness (QED) is 0.199. The predicted octanol–water partition coefficient (Wildman–Crippen LogP) is 7.03. The van der Waals surface area contributed by atoms with Crippen LogP contribution in [-0.2, 0) is 16.1 Å². The molecule has 0 aliphatic carbocycles. The van der Waals surface area contributed by atoms with Gasteiger partial charge in [-0.3, -0.25) is 9.69 Å². The number of urea groups is 1. The standard InChI is InChI=1S/C29H21F7N6O4S/c1-16-3-2-4-23(20(16)12-45-14-28(31,32)33)42-24(43)13-47-27(42)39-26(44)38-22-10-7-18(11-21(22)30)41-15-37-25(40-41)17-5-8-19(9-6-17)46-29(34,35)36/h2-11,15H,12-14H2,1H3,(H,38,44). The fourth-order valence-corrected chi connectivity index (χ4v) is 5.20. The lowest BCUT2D eigenvalue weighted by molar-refractivity contribution is -0.274. The Balaban J connectivity index is 1.29. The molecule has 47 heavy (non-hydrogen) atoms. The van der Waals surface area contributed by atoms with Crippen molar-refractivity contribution in [2.75, 3.05) is 22.6 Å². The van der Waals surface area contributed by atoms with E-state index in [0.29, 0.717) is 16.7 Å². The summed E-state index contributed by atoms with van der Waals surface area (Å²) in [5, 5.41) is 6.43. The average Bonchev–Trinajstić information content (AvgIpc) is 3.61. The maximum absolute atomic E-state index is 15.0. The van der Waals surface area contributed by atoms with Gasteiger partial charge in [-0.25, -0.2) is 18.9 Å². The number of anilines is 2. The minimum atomic E-state index is -4.84. The molecule has 3 aromatic carbocycles. The second-order valence-corrected chi connectivity index (χ2v) is 10.7. The van der Waals surface area contributed by atoms with Gasteiger partial charge >= 0.3 is 18.6 Å². The van der Waals surface area contributed by atoms with Crippen molar-refractivity contribution < 1.29 is 49.8 Å². The highest BCUT2D eigenvalue weighted by molar-refractivity contribution is 8.15. The molecule has 1 aliphatic heterocycles. The van der Waals surface area contributed by atoms with Crippen molar-refractivity contribution >= 4 is 40.2 Å². The molecule has 1 aliphatic rings. The predicted molar refractivity (Wildman–Crippen MR) is 157 cm³/mol. The molecule has 5 rings (SSSR count). The highest BCUT2D eigenvalue weighted by Crippen LogP contribution is 2.33. The SMILES string of the molecule is Cc1cccc(N2C(=O)CSC2=NC(=O)Nc2ccc(-n3cnc(-c4ccc(OC(F)(F)F)cc4)n3)cc2F)c1COCC(F)(F)F. The first-order valence-electron chi connectivity index (χ1n) is 13.3. The number of alkyl halides is 6. The van der Waals surface area contributed by atoms with Gasteiger partial charge in [0.1, 0.15) is 24.5 Å². The first-order valence-corrected chi connectivity index (χ1v) is 14.3. The van der Waals surface area contributed by atoms with Crippen LogP contribution in [-0.4, -0.2) is 56.8 Å². The van der Waals surface area contributed by atoms with Gasteiger partial charge in [-0.2, -0.15) is 18.2 Å². The lowest BCUT2D eigenvalue weighted by atomic mass is 10.1. The number of rotatable bonds is 8. The highest BCUT2D eigenvalue weighted by atomic mass is 32.2. The third-order valence-corrected chi connectivity index (χ3v) is 7.32. The van der Waals surface area contributed by atoms with Crippen LogP contribution in [0.3, 0.4) is 0 Å². The molecule has 1 saturated heterocycles. The van der Waals surface area contributed by atoms with E-state index in [2.05, 4.69) is 25.1 Å². The number of halogens is 7. The summed E-state index contributed by atoms with van der Waals surface area (Å²) >= 11 is 0.918. The smallest absolute Gasteiger partial charge is 0.406 e. The van der Waals surface area contributed by atoms with Gasteiger partial charge in [-0.05, 0) is 55.0 Å². The topological polar surface area (TPSA) is 111 Å². The lowest BCUT2D eigenvalue weighted by Crippen LogP contribution is -2.31. The fourth-order valence-electron chi connectivity index (χ4n) is 4.34. The minimum absolute atomic E-state index is 0.0691. The van der Waals surface area contributed by atoms with Gasteiger partial charge < -0.3 is 14.8 Å². The number of hydrogen-bond acceptors (Lipinski definition) is 7. The van der Waals surface area contributed by atoms with Crippen LogP contribution < -0.4 is 15.0 Å². The molecule has 0 saturated carbocycles. The van der Waals surface area contributed by atoms with Gasteiger partial charge in [0.25, 0.3) is 0 Å². The molecule has 4 aromatic rings. The van der Waals surface area contributed by atoms with Crippen molar-refractivity contribution in [2.24, 2.45) is 4.99 Å². The molecule has 3 amide bonds. The number of thioether (sulfide) groups is 1. The molecule has 0 atom stereocenters. The van der Waals surface area contributed by atoms with E-state index in [1.165, 1.54) is 41.3 Å². The van der Waals surface area contributed by atoms with Crippen LogP contribution in [0.2, 0.25) is 0 Å². The van der Waals surface area contributed by atoms with Gasteiger partial charge in [-0.15, -0.1) is 18.3 Å². The van der Waals surface area contributed by atoms with E-state index in [1.54, 1.807) is 19.1 Å². The van der Waals surface area contributed by atoms with Gasteiger partial charge in [0.15, 0.2) is 11.0 Å². The molecule has 18 heteroatoms. The fraction of sp³-hybridized carbons (Fsp3) is 0.207. The molecular formula is C29H21F7N6O4S. The Morgan fingerprint density at radius 2 is 1.81 bits per heavy atom. The van der Waals surface area contributed by atoms with Crippen LogP contribution in [0.25, 0.3) is 17.1 Å². The lowest BCUT2D eigenvalue weighted by Gasteiger charge is -2.21. The molecule has 0 bridgehead atoms. The zero-order valence-corrected chi connectivity index (χ0v) is 24.7. The van der Waals surface area contributed by atoms with Crippen LogP contribution in [0.4, 0.5) is 46.9 Å². The van der Waals surface area contributed by atoms with Crippen molar-refractivity contribution in [3.05, 3.63) is 83.9 Å². The third-order valence-electron chi connectivity index (χ3n) is 6.40. The maximum atomic E-state index is 15.0. The Morgan fingerprint density at radius 1 is 1.06 bits per heavy atom. The number of amides is 3. The van der Waals surface area contributed by atoms with Crippen LogP contribution in [0, 0.1) is 12.7 Å². The number of hydrogen-bond donors (Lipinski definition) is 1. The van der Waals surface area contributed by atoms with Crippen molar-refractivity contribution in [3.8, 4) is 22.8 Å². The maximum Gasteiger partial charge on any atom is 0.573 e. The molecule has 10 nitrogen and oxygen atoms in total.